The fourth-order valence-electron chi connectivity index (χ4n) is 4.79. The van der Waals surface area contributed by atoms with Gasteiger partial charge in [-0.15, -0.1) is 0 Å². The molecule has 2 saturated heterocycles. The zero-order chi connectivity index (χ0) is 22.2. The zero-order valence-corrected chi connectivity index (χ0v) is 20.4. The predicted octanol–water partition coefficient (Wildman–Crippen LogP) is 4.28. The van der Waals surface area contributed by atoms with Gasteiger partial charge in [0.15, 0.2) is 6.29 Å². The second kappa shape index (κ2) is 8.71. The van der Waals surface area contributed by atoms with Gasteiger partial charge in [-0.1, -0.05) is 71.9 Å². The lowest BCUT2D eigenvalue weighted by atomic mass is 10.0. The Labute approximate surface area is 181 Å². The highest BCUT2D eigenvalue weighted by molar-refractivity contribution is 6.73. The monoisotopic (exact) mass is 435 g/mol. The van der Waals surface area contributed by atoms with Gasteiger partial charge in [-0.3, -0.25) is 4.79 Å². The molecule has 0 aliphatic carbocycles. The molecule has 0 spiro atoms. The molecule has 2 heterocycles. The summed E-state index contributed by atoms with van der Waals surface area (Å²) in [6.45, 7) is 15.6. The number of benzene rings is 1. The van der Waals surface area contributed by atoms with Crippen molar-refractivity contribution < 1.29 is 23.1 Å². The number of amides is 1. The van der Waals surface area contributed by atoms with Crippen molar-refractivity contribution in [3.63, 3.8) is 0 Å². The number of nitrogens with one attached hydrogen (secondary N) is 1. The van der Waals surface area contributed by atoms with E-state index in [0.717, 1.165) is 5.56 Å². The summed E-state index contributed by atoms with van der Waals surface area (Å²) in [4.78, 5) is 11.9. The number of fused-ring (bicyclic) bond motifs is 1. The van der Waals surface area contributed by atoms with Crippen LogP contribution < -0.4 is 5.32 Å². The third-order valence-electron chi connectivity index (χ3n) is 5.93. The zero-order valence-electron chi connectivity index (χ0n) is 19.4. The number of hydrogen-bond donors (Lipinski definition) is 1. The smallest absolute Gasteiger partial charge is 0.349 e. The van der Waals surface area contributed by atoms with E-state index in [4.69, 9.17) is 18.3 Å². The molecule has 2 aliphatic rings. The van der Waals surface area contributed by atoms with Crippen LogP contribution in [0, 0.1) is 0 Å². The summed E-state index contributed by atoms with van der Waals surface area (Å²) in [5.74, 6) is -0.0995. The van der Waals surface area contributed by atoms with Gasteiger partial charge >= 0.3 is 8.56 Å². The van der Waals surface area contributed by atoms with Crippen LogP contribution in [0.25, 0.3) is 0 Å². The third kappa shape index (κ3) is 4.80. The minimum absolute atomic E-state index is 0.0968. The molecule has 0 bridgehead atoms. The molecule has 1 aromatic rings. The van der Waals surface area contributed by atoms with Gasteiger partial charge in [-0.2, -0.15) is 0 Å². The Morgan fingerprint density at radius 2 is 1.73 bits per heavy atom. The molecule has 2 fully saturated rings. The van der Waals surface area contributed by atoms with Crippen molar-refractivity contribution in [1.82, 2.24) is 5.32 Å². The third-order valence-corrected chi connectivity index (χ3v) is 11.1. The van der Waals surface area contributed by atoms with Crippen LogP contribution >= 0.6 is 0 Å². The van der Waals surface area contributed by atoms with E-state index in [0.29, 0.717) is 19.6 Å². The highest BCUT2D eigenvalue weighted by Gasteiger charge is 2.63. The molecular formula is C23H37NO5Si. The fourth-order valence-corrected chi connectivity index (χ4v) is 9.76. The first-order valence-electron chi connectivity index (χ1n) is 10.8. The molecule has 2 aliphatic heterocycles. The lowest BCUT2D eigenvalue weighted by molar-refractivity contribution is -0.256. The van der Waals surface area contributed by atoms with E-state index in [-0.39, 0.29) is 34.2 Å². The normalized spacial score (nSPS) is 29.2. The maximum Gasteiger partial charge on any atom is 0.349 e. The first-order valence-corrected chi connectivity index (χ1v) is 12.6. The largest absolute Gasteiger partial charge is 0.391 e. The first-order chi connectivity index (χ1) is 13.9. The molecule has 30 heavy (non-hydrogen) atoms. The second-order valence-corrected chi connectivity index (χ2v) is 15.2. The van der Waals surface area contributed by atoms with Crippen LogP contribution in [0.5, 0.6) is 0 Å². The molecule has 1 amide bonds. The Hall–Kier alpha value is -1.25. The number of carbonyl (C=O) groups is 1. The SMILES string of the molecule is CC(=O)N[C@@H]1C[C@@H]2O[Si](C(C)(C)C)(C(C)(C)C)OC[C@H]2O[C@@H]1OCc1ccccc1. The highest BCUT2D eigenvalue weighted by Crippen LogP contribution is 2.55. The maximum atomic E-state index is 11.9. The van der Waals surface area contributed by atoms with Gasteiger partial charge in [-0.25, -0.2) is 0 Å². The Morgan fingerprint density at radius 3 is 2.30 bits per heavy atom. The van der Waals surface area contributed by atoms with Crippen molar-refractivity contribution in [2.45, 2.75) is 96.1 Å². The molecular weight excluding hydrogens is 398 g/mol. The molecule has 0 unspecified atom stereocenters. The van der Waals surface area contributed by atoms with E-state index in [2.05, 4.69) is 46.9 Å². The molecule has 3 rings (SSSR count). The van der Waals surface area contributed by atoms with Gasteiger partial charge in [0.05, 0.1) is 25.4 Å². The first kappa shape index (κ1) is 23.4. The molecule has 0 radical (unpaired) electrons. The van der Waals surface area contributed by atoms with E-state index < -0.39 is 14.9 Å². The van der Waals surface area contributed by atoms with Gasteiger partial charge in [-0.05, 0) is 5.56 Å². The fraction of sp³-hybridized carbons (Fsp3) is 0.696. The maximum absolute atomic E-state index is 11.9. The standard InChI is InChI=1S/C23H37NO5Si/c1-16(25)24-18-13-19-20(28-21(18)26-14-17-11-9-8-10-12-17)15-27-30(29-19,22(2,3)4)23(5,6)7/h8-12,18-21H,13-15H2,1-7H3,(H,24,25)/t18-,19+,20-,21+/m1/s1. The number of carbonyl (C=O) groups excluding carboxylic acids is 1. The van der Waals surface area contributed by atoms with Crippen molar-refractivity contribution in [2.75, 3.05) is 6.61 Å². The van der Waals surface area contributed by atoms with Crippen LogP contribution in [0.1, 0.15) is 60.5 Å². The van der Waals surface area contributed by atoms with Crippen molar-refractivity contribution in [3.8, 4) is 0 Å². The van der Waals surface area contributed by atoms with Crippen LogP contribution in [-0.2, 0) is 29.7 Å². The van der Waals surface area contributed by atoms with E-state index in [1.807, 2.05) is 30.3 Å². The van der Waals surface area contributed by atoms with Gasteiger partial charge in [0.2, 0.25) is 5.91 Å². The summed E-state index contributed by atoms with van der Waals surface area (Å²) in [7, 11) is -2.59. The molecule has 1 N–H and O–H groups in total. The van der Waals surface area contributed by atoms with Gasteiger partial charge in [0.1, 0.15) is 6.10 Å². The number of hydrogen-bond acceptors (Lipinski definition) is 5. The van der Waals surface area contributed by atoms with Crippen molar-refractivity contribution in [2.24, 2.45) is 0 Å². The van der Waals surface area contributed by atoms with Gasteiger partial charge in [0, 0.05) is 23.4 Å². The minimum atomic E-state index is -2.59. The van der Waals surface area contributed by atoms with E-state index in [1.54, 1.807) is 0 Å². The summed E-state index contributed by atoms with van der Waals surface area (Å²) in [5, 5.41) is 2.82. The summed E-state index contributed by atoms with van der Waals surface area (Å²) >= 11 is 0. The summed E-state index contributed by atoms with van der Waals surface area (Å²) in [6, 6.07) is 9.69. The Bertz CT molecular complexity index is 713. The van der Waals surface area contributed by atoms with E-state index in [9.17, 15) is 4.79 Å². The Morgan fingerprint density at radius 1 is 1.10 bits per heavy atom. The molecule has 168 valence electrons. The highest BCUT2D eigenvalue weighted by atomic mass is 28.4. The molecule has 1 aromatic carbocycles. The second-order valence-electron chi connectivity index (χ2n) is 10.5. The minimum Gasteiger partial charge on any atom is -0.391 e. The van der Waals surface area contributed by atoms with Crippen molar-refractivity contribution >= 4 is 14.5 Å². The van der Waals surface area contributed by atoms with Crippen LogP contribution in [0.4, 0.5) is 0 Å². The van der Waals surface area contributed by atoms with Gasteiger partial charge < -0.3 is 23.6 Å². The summed E-state index contributed by atoms with van der Waals surface area (Å²) in [5.41, 5.74) is 1.06. The van der Waals surface area contributed by atoms with Crippen LogP contribution in [0.2, 0.25) is 10.1 Å². The molecule has 0 saturated carbocycles. The lowest BCUT2D eigenvalue weighted by Crippen LogP contribution is -2.68. The Balaban J connectivity index is 1.77. The quantitative estimate of drug-likeness (QED) is 0.715. The lowest BCUT2D eigenvalue weighted by Gasteiger charge is -2.56. The molecule has 4 atom stereocenters. The van der Waals surface area contributed by atoms with Crippen molar-refractivity contribution in [1.29, 1.82) is 0 Å². The summed E-state index contributed by atoms with van der Waals surface area (Å²) < 4.78 is 25.7. The van der Waals surface area contributed by atoms with Gasteiger partial charge in [0.25, 0.3) is 0 Å². The average Bonchev–Trinajstić information content (AvgIpc) is 2.64. The van der Waals surface area contributed by atoms with Crippen molar-refractivity contribution in [3.05, 3.63) is 35.9 Å². The van der Waals surface area contributed by atoms with E-state index in [1.165, 1.54) is 6.92 Å². The molecule has 7 heteroatoms. The van der Waals surface area contributed by atoms with Crippen LogP contribution in [-0.4, -0.2) is 45.6 Å². The summed E-state index contributed by atoms with van der Waals surface area (Å²) in [6.07, 6.45) is -0.229. The molecule has 6 nitrogen and oxygen atoms in total. The Kier molecular flexibility index (Phi) is 6.79. The number of rotatable bonds is 4. The van der Waals surface area contributed by atoms with Crippen LogP contribution in [0.15, 0.2) is 30.3 Å². The van der Waals surface area contributed by atoms with Crippen LogP contribution in [0.3, 0.4) is 0 Å². The number of ether oxygens (including phenoxy) is 2. The predicted molar refractivity (Wildman–Crippen MR) is 118 cm³/mol. The van der Waals surface area contributed by atoms with E-state index >= 15 is 0 Å². The topological polar surface area (TPSA) is 66.0 Å². The molecule has 0 aromatic heterocycles. The average molecular weight is 436 g/mol.